The van der Waals surface area contributed by atoms with Crippen molar-refractivity contribution in [1.29, 1.82) is 0 Å². The Bertz CT molecular complexity index is 1020. The van der Waals surface area contributed by atoms with E-state index in [0.717, 1.165) is 21.8 Å². The lowest BCUT2D eigenvalue weighted by atomic mass is 10.1. The highest BCUT2D eigenvalue weighted by atomic mass is 32.1. The van der Waals surface area contributed by atoms with E-state index in [1.807, 2.05) is 61.5 Å². The molecular formula is C22H22N4O2S. The average Bonchev–Trinajstić information content (AvgIpc) is 3.34. The topological polar surface area (TPSA) is 75.2 Å². The lowest BCUT2D eigenvalue weighted by molar-refractivity contribution is -0.117. The number of amides is 2. The van der Waals surface area contributed by atoms with Crippen LogP contribution in [0.5, 0.6) is 0 Å². The monoisotopic (exact) mass is 406 g/mol. The van der Waals surface area contributed by atoms with Crippen LogP contribution in [-0.4, -0.2) is 28.6 Å². The number of hydrogen-bond donors (Lipinski definition) is 1. The number of carbonyl (C=O) groups is 2. The van der Waals surface area contributed by atoms with Crippen LogP contribution in [0.15, 0.2) is 54.6 Å². The van der Waals surface area contributed by atoms with E-state index in [1.165, 1.54) is 11.3 Å². The number of hydrogen-bond acceptors (Lipinski definition) is 5. The summed E-state index contributed by atoms with van der Waals surface area (Å²) < 4.78 is 0. The average molecular weight is 407 g/mol. The van der Waals surface area contributed by atoms with E-state index in [4.69, 9.17) is 0 Å². The Kier molecular flexibility index (Phi) is 5.67. The van der Waals surface area contributed by atoms with Crippen molar-refractivity contribution in [2.75, 3.05) is 16.8 Å². The van der Waals surface area contributed by atoms with Gasteiger partial charge in [-0.25, -0.2) is 0 Å². The van der Waals surface area contributed by atoms with Crippen LogP contribution in [0.4, 0.5) is 10.8 Å². The SMILES string of the molecule is Cc1cccc(N2CC(c3nnc(NC(=O)CCc4ccccc4)s3)CC2=O)c1. The molecule has 29 heavy (non-hydrogen) atoms. The van der Waals surface area contributed by atoms with Crippen LogP contribution >= 0.6 is 11.3 Å². The van der Waals surface area contributed by atoms with Crippen LogP contribution < -0.4 is 10.2 Å². The summed E-state index contributed by atoms with van der Waals surface area (Å²) in [6.07, 6.45) is 1.48. The van der Waals surface area contributed by atoms with Crippen LogP contribution in [0.1, 0.15) is 34.9 Å². The van der Waals surface area contributed by atoms with E-state index in [9.17, 15) is 9.59 Å². The van der Waals surface area contributed by atoms with Gasteiger partial charge in [-0.05, 0) is 36.6 Å². The van der Waals surface area contributed by atoms with Gasteiger partial charge in [-0.3, -0.25) is 9.59 Å². The maximum Gasteiger partial charge on any atom is 0.227 e. The van der Waals surface area contributed by atoms with Crippen molar-refractivity contribution in [3.05, 3.63) is 70.7 Å². The Morgan fingerprint density at radius 2 is 2.00 bits per heavy atom. The molecule has 1 N–H and O–H groups in total. The summed E-state index contributed by atoms with van der Waals surface area (Å²) in [5, 5.41) is 12.4. The summed E-state index contributed by atoms with van der Waals surface area (Å²) >= 11 is 1.35. The highest BCUT2D eigenvalue weighted by Crippen LogP contribution is 2.34. The van der Waals surface area contributed by atoms with Gasteiger partial charge in [-0.15, -0.1) is 10.2 Å². The molecule has 2 amide bonds. The second-order valence-corrected chi connectivity index (χ2v) is 8.23. The van der Waals surface area contributed by atoms with E-state index in [1.54, 1.807) is 4.90 Å². The molecule has 0 radical (unpaired) electrons. The molecule has 1 unspecified atom stereocenters. The van der Waals surface area contributed by atoms with Crippen molar-refractivity contribution in [3.8, 4) is 0 Å². The van der Waals surface area contributed by atoms with E-state index in [0.29, 0.717) is 30.9 Å². The summed E-state index contributed by atoms with van der Waals surface area (Å²) in [6, 6.07) is 17.8. The Morgan fingerprint density at radius 3 is 2.79 bits per heavy atom. The van der Waals surface area contributed by atoms with Crippen molar-refractivity contribution in [1.82, 2.24) is 10.2 Å². The minimum atomic E-state index is -0.0829. The first kappa shape index (κ1) is 19.3. The van der Waals surface area contributed by atoms with Crippen LogP contribution in [0.25, 0.3) is 0 Å². The molecule has 2 heterocycles. The molecule has 1 fully saturated rings. The lowest BCUT2D eigenvalue weighted by Crippen LogP contribution is -2.24. The molecule has 0 bridgehead atoms. The first-order valence-electron chi connectivity index (χ1n) is 9.63. The number of aryl methyl sites for hydroxylation is 2. The van der Waals surface area contributed by atoms with Gasteiger partial charge in [-0.2, -0.15) is 0 Å². The minimum absolute atomic E-state index is 0.00418. The maximum absolute atomic E-state index is 12.5. The van der Waals surface area contributed by atoms with Gasteiger partial charge in [0.2, 0.25) is 16.9 Å². The number of aromatic nitrogens is 2. The summed E-state index contributed by atoms with van der Waals surface area (Å²) in [7, 11) is 0. The quantitative estimate of drug-likeness (QED) is 0.673. The number of anilines is 2. The van der Waals surface area contributed by atoms with Crippen molar-refractivity contribution in [3.63, 3.8) is 0 Å². The molecular weight excluding hydrogens is 384 g/mol. The zero-order valence-electron chi connectivity index (χ0n) is 16.2. The highest BCUT2D eigenvalue weighted by Gasteiger charge is 2.34. The molecule has 0 saturated carbocycles. The molecule has 2 aromatic carbocycles. The number of carbonyl (C=O) groups excluding carboxylic acids is 2. The number of rotatable bonds is 6. The van der Waals surface area contributed by atoms with E-state index < -0.39 is 0 Å². The van der Waals surface area contributed by atoms with E-state index in [-0.39, 0.29) is 17.7 Å². The molecule has 6 nitrogen and oxygen atoms in total. The molecule has 1 aromatic heterocycles. The Balaban J connectivity index is 1.35. The number of benzene rings is 2. The van der Waals surface area contributed by atoms with E-state index >= 15 is 0 Å². The predicted octanol–water partition coefficient (Wildman–Crippen LogP) is 3.94. The molecule has 148 valence electrons. The molecule has 1 saturated heterocycles. The Morgan fingerprint density at radius 1 is 1.17 bits per heavy atom. The predicted molar refractivity (Wildman–Crippen MR) is 114 cm³/mol. The van der Waals surface area contributed by atoms with Gasteiger partial charge in [0.15, 0.2) is 0 Å². The second kappa shape index (κ2) is 8.53. The Labute approximate surface area is 173 Å². The zero-order chi connectivity index (χ0) is 20.2. The third-order valence-electron chi connectivity index (χ3n) is 4.96. The standard InChI is InChI=1S/C22H22N4O2S/c1-15-6-5-9-18(12-15)26-14-17(13-20(26)28)21-24-25-22(29-21)23-19(27)11-10-16-7-3-2-4-8-16/h2-9,12,17H,10-11,13-14H2,1H3,(H,23,25,27). The van der Waals surface area contributed by atoms with Gasteiger partial charge < -0.3 is 10.2 Å². The number of nitrogens with zero attached hydrogens (tertiary/aromatic N) is 3. The first-order valence-corrected chi connectivity index (χ1v) is 10.4. The smallest absolute Gasteiger partial charge is 0.227 e. The molecule has 4 rings (SSSR count). The maximum atomic E-state index is 12.5. The van der Waals surface area contributed by atoms with Gasteiger partial charge in [0, 0.05) is 31.0 Å². The fourth-order valence-electron chi connectivity index (χ4n) is 3.45. The van der Waals surface area contributed by atoms with Crippen LogP contribution in [0.2, 0.25) is 0 Å². The molecule has 3 aromatic rings. The van der Waals surface area contributed by atoms with Crippen LogP contribution in [0, 0.1) is 6.92 Å². The fraction of sp³-hybridized carbons (Fsp3) is 0.273. The molecule has 1 atom stereocenters. The fourth-order valence-corrected chi connectivity index (χ4v) is 4.30. The highest BCUT2D eigenvalue weighted by molar-refractivity contribution is 7.15. The molecule has 7 heteroatoms. The largest absolute Gasteiger partial charge is 0.312 e. The first-order chi connectivity index (χ1) is 14.1. The third-order valence-corrected chi connectivity index (χ3v) is 5.96. The van der Waals surface area contributed by atoms with Crippen molar-refractivity contribution in [2.24, 2.45) is 0 Å². The van der Waals surface area contributed by atoms with Gasteiger partial charge in [0.1, 0.15) is 5.01 Å². The van der Waals surface area contributed by atoms with Crippen molar-refractivity contribution in [2.45, 2.75) is 32.1 Å². The molecule has 0 spiro atoms. The number of nitrogens with one attached hydrogen (secondary N) is 1. The zero-order valence-corrected chi connectivity index (χ0v) is 17.0. The summed E-state index contributed by atoms with van der Waals surface area (Å²) in [6.45, 7) is 2.60. The normalized spacial score (nSPS) is 16.2. The van der Waals surface area contributed by atoms with Crippen LogP contribution in [-0.2, 0) is 16.0 Å². The molecule has 1 aliphatic heterocycles. The third kappa shape index (κ3) is 4.68. The van der Waals surface area contributed by atoms with Gasteiger partial charge in [-0.1, -0.05) is 53.8 Å². The summed E-state index contributed by atoms with van der Waals surface area (Å²) in [4.78, 5) is 26.5. The van der Waals surface area contributed by atoms with Crippen molar-refractivity contribution < 1.29 is 9.59 Å². The van der Waals surface area contributed by atoms with E-state index in [2.05, 4.69) is 15.5 Å². The lowest BCUT2D eigenvalue weighted by Gasteiger charge is -2.16. The summed E-state index contributed by atoms with van der Waals surface area (Å²) in [5.74, 6) is 0.000156. The Hall–Kier alpha value is -3.06. The minimum Gasteiger partial charge on any atom is -0.312 e. The molecule has 0 aliphatic carbocycles. The second-order valence-electron chi connectivity index (χ2n) is 7.22. The van der Waals surface area contributed by atoms with Crippen molar-refractivity contribution >= 4 is 34.0 Å². The molecule has 1 aliphatic rings. The van der Waals surface area contributed by atoms with Crippen LogP contribution in [0.3, 0.4) is 0 Å². The summed E-state index contributed by atoms with van der Waals surface area (Å²) in [5.41, 5.74) is 3.16. The van der Waals surface area contributed by atoms with Gasteiger partial charge >= 0.3 is 0 Å². The van der Waals surface area contributed by atoms with Gasteiger partial charge in [0.05, 0.1) is 0 Å². The van der Waals surface area contributed by atoms with Gasteiger partial charge in [0.25, 0.3) is 0 Å².